The van der Waals surface area contributed by atoms with E-state index in [1.807, 2.05) is 0 Å². The Morgan fingerprint density at radius 2 is 1.76 bits per heavy atom. The highest BCUT2D eigenvalue weighted by molar-refractivity contribution is 5.96. The number of ether oxygens (including phenoxy) is 1. The third kappa shape index (κ3) is 3.41. The van der Waals surface area contributed by atoms with E-state index < -0.39 is 24.5 Å². The Morgan fingerprint density at radius 1 is 1.12 bits per heavy atom. The largest absolute Gasteiger partial charge is 0.451 e. The molecule has 4 saturated carbocycles. The van der Waals surface area contributed by atoms with Crippen LogP contribution in [0.2, 0.25) is 0 Å². The van der Waals surface area contributed by atoms with E-state index in [1.165, 1.54) is 19.3 Å². The van der Waals surface area contributed by atoms with Gasteiger partial charge in [-0.1, -0.05) is 0 Å². The van der Waals surface area contributed by atoms with Crippen molar-refractivity contribution in [2.45, 2.75) is 44.1 Å². The molecule has 3 N–H and O–H groups in total. The maximum absolute atomic E-state index is 12.2. The van der Waals surface area contributed by atoms with E-state index in [-0.39, 0.29) is 11.2 Å². The fraction of sp³-hybridized carbons (Fsp3) is 0.611. The van der Waals surface area contributed by atoms with Crippen molar-refractivity contribution in [1.82, 2.24) is 15.6 Å². The van der Waals surface area contributed by atoms with Crippen molar-refractivity contribution < 1.29 is 19.1 Å². The van der Waals surface area contributed by atoms with Gasteiger partial charge >= 0.3 is 12.0 Å². The first-order valence-corrected chi connectivity index (χ1v) is 8.94. The molecule has 0 unspecified atom stereocenters. The Kier molecular flexibility index (Phi) is 4.01. The predicted octanol–water partition coefficient (Wildman–Crippen LogP) is 1.97. The zero-order valence-electron chi connectivity index (χ0n) is 14.0. The number of aromatic amines is 1. The number of hydrogen-bond donors (Lipinski definition) is 3. The molecule has 0 spiro atoms. The van der Waals surface area contributed by atoms with Crippen LogP contribution in [0.4, 0.5) is 4.79 Å². The van der Waals surface area contributed by atoms with Crippen LogP contribution in [-0.4, -0.2) is 35.0 Å². The number of carbonyl (C=O) groups excluding carboxylic acids is 3. The maximum atomic E-state index is 12.2. The maximum Gasteiger partial charge on any atom is 0.355 e. The summed E-state index contributed by atoms with van der Waals surface area (Å²) in [6.07, 6.45) is 8.51. The molecule has 0 radical (unpaired) electrons. The molecule has 4 aliphatic carbocycles. The summed E-state index contributed by atoms with van der Waals surface area (Å²) in [5.41, 5.74) is 0.117. The number of amides is 3. The molecule has 0 aromatic carbocycles. The number of H-pyrrole nitrogens is 1. The lowest BCUT2D eigenvalue weighted by Crippen LogP contribution is -2.62. The molecule has 0 atom stereocenters. The Hall–Kier alpha value is -2.31. The minimum Gasteiger partial charge on any atom is -0.451 e. The van der Waals surface area contributed by atoms with Crippen molar-refractivity contribution in [2.24, 2.45) is 17.8 Å². The van der Waals surface area contributed by atoms with Gasteiger partial charge in [-0.25, -0.2) is 9.59 Å². The minimum absolute atomic E-state index is 0.153. The van der Waals surface area contributed by atoms with E-state index in [4.69, 9.17) is 4.74 Å². The van der Waals surface area contributed by atoms with E-state index in [1.54, 1.807) is 18.3 Å². The van der Waals surface area contributed by atoms with Gasteiger partial charge < -0.3 is 15.0 Å². The molecular weight excluding hydrogens is 322 g/mol. The second kappa shape index (κ2) is 6.20. The van der Waals surface area contributed by atoms with Gasteiger partial charge in [-0.15, -0.1) is 0 Å². The lowest BCUT2D eigenvalue weighted by Gasteiger charge is -2.56. The number of esters is 1. The average Bonchev–Trinajstić information content (AvgIpc) is 3.05. The van der Waals surface area contributed by atoms with E-state index in [2.05, 4.69) is 15.6 Å². The highest BCUT2D eigenvalue weighted by Crippen LogP contribution is 2.55. The average molecular weight is 345 g/mol. The molecule has 134 valence electrons. The van der Waals surface area contributed by atoms with Crippen molar-refractivity contribution in [3.05, 3.63) is 24.0 Å². The van der Waals surface area contributed by atoms with Crippen molar-refractivity contribution >= 4 is 17.9 Å². The van der Waals surface area contributed by atoms with E-state index >= 15 is 0 Å². The Morgan fingerprint density at radius 3 is 2.32 bits per heavy atom. The Bertz CT molecular complexity index is 647. The van der Waals surface area contributed by atoms with Gasteiger partial charge in [0.25, 0.3) is 5.91 Å². The van der Waals surface area contributed by atoms with Crippen LogP contribution in [0, 0.1) is 17.8 Å². The number of nitrogens with one attached hydrogen (secondary N) is 3. The highest BCUT2D eigenvalue weighted by Gasteiger charge is 2.51. The number of imide groups is 1. The van der Waals surface area contributed by atoms with Crippen LogP contribution in [0.5, 0.6) is 0 Å². The van der Waals surface area contributed by atoms with Gasteiger partial charge in [0.1, 0.15) is 5.69 Å². The third-order valence-electron chi connectivity index (χ3n) is 5.82. The Labute approximate surface area is 145 Å². The second-order valence-electron chi connectivity index (χ2n) is 7.86. The Balaban J connectivity index is 1.26. The summed E-state index contributed by atoms with van der Waals surface area (Å²) < 4.78 is 4.88. The molecule has 25 heavy (non-hydrogen) atoms. The van der Waals surface area contributed by atoms with Gasteiger partial charge in [0.15, 0.2) is 6.61 Å². The van der Waals surface area contributed by atoms with E-state index in [0.29, 0.717) is 17.8 Å². The SMILES string of the molecule is O=C(COC(=O)c1ccc[nH]1)NC(=O)NC12CC3CC(CC(C3)C1)C2. The molecule has 0 saturated heterocycles. The van der Waals surface area contributed by atoms with Gasteiger partial charge in [0.05, 0.1) is 0 Å². The molecule has 7 nitrogen and oxygen atoms in total. The molecule has 7 heteroatoms. The monoisotopic (exact) mass is 345 g/mol. The van der Waals surface area contributed by atoms with E-state index in [0.717, 1.165) is 19.3 Å². The summed E-state index contributed by atoms with van der Waals surface area (Å²) in [6, 6.07) is 2.73. The number of urea groups is 1. The molecule has 4 bridgehead atoms. The van der Waals surface area contributed by atoms with Crippen molar-refractivity contribution in [3.63, 3.8) is 0 Å². The standard InChI is InChI=1S/C18H23N3O4/c22-15(10-25-16(23)14-2-1-3-19-14)20-17(24)21-18-7-11-4-12(8-18)6-13(5-11)9-18/h1-3,11-13,19H,4-10H2,(H2,20,21,22,24). The van der Waals surface area contributed by atoms with Gasteiger partial charge in [-0.05, 0) is 68.4 Å². The molecular formula is C18H23N3O4. The van der Waals surface area contributed by atoms with Gasteiger partial charge in [0, 0.05) is 11.7 Å². The predicted molar refractivity (Wildman–Crippen MR) is 88.7 cm³/mol. The first-order chi connectivity index (χ1) is 12.0. The quantitative estimate of drug-likeness (QED) is 0.726. The molecule has 3 amide bonds. The second-order valence-corrected chi connectivity index (χ2v) is 7.86. The summed E-state index contributed by atoms with van der Waals surface area (Å²) in [7, 11) is 0. The molecule has 5 rings (SSSR count). The minimum atomic E-state index is -0.623. The van der Waals surface area contributed by atoms with Crippen LogP contribution in [0.3, 0.4) is 0 Å². The summed E-state index contributed by atoms with van der Waals surface area (Å²) in [5.74, 6) is 0.890. The number of aromatic nitrogens is 1. The van der Waals surface area contributed by atoms with E-state index in [9.17, 15) is 14.4 Å². The lowest BCUT2D eigenvalue weighted by molar-refractivity contribution is -0.123. The van der Waals surface area contributed by atoms with Crippen LogP contribution in [-0.2, 0) is 9.53 Å². The smallest absolute Gasteiger partial charge is 0.355 e. The number of hydrogen-bond acceptors (Lipinski definition) is 4. The molecule has 1 heterocycles. The molecule has 4 fully saturated rings. The first-order valence-electron chi connectivity index (χ1n) is 8.94. The van der Waals surface area contributed by atoms with Crippen LogP contribution >= 0.6 is 0 Å². The van der Waals surface area contributed by atoms with Crippen LogP contribution in [0.1, 0.15) is 49.0 Å². The van der Waals surface area contributed by atoms with Crippen molar-refractivity contribution in [2.75, 3.05) is 6.61 Å². The lowest BCUT2D eigenvalue weighted by atomic mass is 9.53. The van der Waals surface area contributed by atoms with Crippen molar-refractivity contribution in [3.8, 4) is 0 Å². The summed E-state index contributed by atoms with van der Waals surface area (Å²) >= 11 is 0. The summed E-state index contributed by atoms with van der Waals surface area (Å²) in [6.45, 7) is -0.480. The zero-order chi connectivity index (χ0) is 17.4. The van der Waals surface area contributed by atoms with Crippen LogP contribution in [0.25, 0.3) is 0 Å². The van der Waals surface area contributed by atoms with Gasteiger partial charge in [0.2, 0.25) is 0 Å². The normalized spacial score (nSPS) is 32.2. The fourth-order valence-corrected chi connectivity index (χ4v) is 5.36. The number of rotatable bonds is 4. The first kappa shape index (κ1) is 16.2. The van der Waals surface area contributed by atoms with Crippen LogP contribution < -0.4 is 10.6 Å². The molecule has 1 aromatic rings. The highest BCUT2D eigenvalue weighted by atomic mass is 16.5. The molecule has 1 aromatic heterocycles. The van der Waals surface area contributed by atoms with Gasteiger partial charge in [-0.3, -0.25) is 10.1 Å². The summed E-state index contributed by atoms with van der Waals surface area (Å²) in [4.78, 5) is 38.4. The zero-order valence-corrected chi connectivity index (χ0v) is 14.0. The third-order valence-corrected chi connectivity index (χ3v) is 5.82. The molecule has 0 aliphatic heterocycles. The van der Waals surface area contributed by atoms with Crippen molar-refractivity contribution in [1.29, 1.82) is 0 Å². The fourth-order valence-electron chi connectivity index (χ4n) is 5.36. The van der Waals surface area contributed by atoms with Gasteiger partial charge in [-0.2, -0.15) is 0 Å². The number of carbonyl (C=O) groups is 3. The summed E-state index contributed by atoms with van der Waals surface area (Å²) in [5, 5.41) is 5.33. The van der Waals surface area contributed by atoms with Crippen LogP contribution in [0.15, 0.2) is 18.3 Å². The molecule has 4 aliphatic rings. The topological polar surface area (TPSA) is 100 Å².